The average Bonchev–Trinajstić information content (AvgIpc) is 2.06. The van der Waals surface area contributed by atoms with Crippen molar-refractivity contribution in [1.29, 1.82) is 0 Å². The van der Waals surface area contributed by atoms with Crippen LogP contribution in [-0.2, 0) is 6.18 Å². The summed E-state index contributed by atoms with van der Waals surface area (Å²) in [4.78, 5) is 3.03. The molecule has 0 amide bonds. The number of ether oxygens (including phenoxy) is 1. The summed E-state index contributed by atoms with van der Waals surface area (Å²) in [5.41, 5.74) is -1.64. The quantitative estimate of drug-likeness (QED) is 0.467. The Morgan fingerprint density at radius 2 is 1.71 bits per heavy atom. The number of pyridine rings is 1. The Morgan fingerprint density at radius 3 is 2.12 bits per heavy atom. The molecule has 1 heterocycles. The van der Waals surface area contributed by atoms with Gasteiger partial charge in [0.2, 0.25) is 0 Å². The van der Waals surface area contributed by atoms with Gasteiger partial charge in [0.05, 0.1) is 0 Å². The fourth-order valence-corrected chi connectivity index (χ4v) is 1.41. The minimum Gasteiger partial charge on any atom is -0.503 e. The van der Waals surface area contributed by atoms with Gasteiger partial charge >= 0.3 is 12.5 Å². The summed E-state index contributed by atoms with van der Waals surface area (Å²) < 4.78 is 75.2. The zero-order chi connectivity index (χ0) is 13.4. The van der Waals surface area contributed by atoms with E-state index in [1.54, 1.807) is 0 Å². The molecule has 10 heteroatoms. The Bertz CT molecular complexity index is 430. The standard InChI is InChI=1S/C7H2F6INO2/c8-6(9,10)2-1-3(14)15-5(4(2)16)17-7(11,12)13/h1,16H. The Kier molecular flexibility index (Phi) is 3.64. The first-order valence-electron chi connectivity index (χ1n) is 3.73. The van der Waals surface area contributed by atoms with Gasteiger partial charge in [0.25, 0.3) is 5.88 Å². The van der Waals surface area contributed by atoms with E-state index in [0.717, 1.165) is 0 Å². The molecule has 96 valence electrons. The smallest absolute Gasteiger partial charge is 0.503 e. The molecule has 0 atom stereocenters. The van der Waals surface area contributed by atoms with Crippen molar-refractivity contribution in [2.45, 2.75) is 12.5 Å². The first-order valence-corrected chi connectivity index (χ1v) is 4.81. The lowest BCUT2D eigenvalue weighted by molar-refractivity contribution is -0.276. The van der Waals surface area contributed by atoms with Crippen molar-refractivity contribution in [1.82, 2.24) is 4.98 Å². The summed E-state index contributed by atoms with van der Waals surface area (Å²) in [6, 6.07) is 0.402. The predicted molar refractivity (Wildman–Crippen MR) is 50.3 cm³/mol. The van der Waals surface area contributed by atoms with Gasteiger partial charge in [0, 0.05) is 0 Å². The maximum absolute atomic E-state index is 12.3. The molecule has 0 saturated heterocycles. The van der Waals surface area contributed by atoms with E-state index >= 15 is 0 Å². The molecule has 1 aromatic rings. The molecule has 17 heavy (non-hydrogen) atoms. The third-order valence-electron chi connectivity index (χ3n) is 1.45. The maximum atomic E-state index is 12.3. The number of aromatic hydroxyl groups is 1. The molecule has 1 N–H and O–H groups in total. The normalized spacial score (nSPS) is 12.6. The van der Waals surface area contributed by atoms with Crippen molar-refractivity contribution in [3.63, 3.8) is 0 Å². The molecule has 0 unspecified atom stereocenters. The largest absolute Gasteiger partial charge is 0.574 e. The van der Waals surface area contributed by atoms with E-state index in [2.05, 4.69) is 9.72 Å². The first kappa shape index (κ1) is 14.1. The fourth-order valence-electron chi connectivity index (χ4n) is 0.882. The van der Waals surface area contributed by atoms with Crippen molar-refractivity contribution in [3.05, 3.63) is 15.3 Å². The van der Waals surface area contributed by atoms with Gasteiger partial charge in [-0.3, -0.25) is 0 Å². The molecule has 1 aromatic heterocycles. The van der Waals surface area contributed by atoms with Crippen molar-refractivity contribution < 1.29 is 36.2 Å². The number of hydrogen-bond donors (Lipinski definition) is 1. The van der Waals surface area contributed by atoms with Crippen molar-refractivity contribution >= 4 is 22.6 Å². The van der Waals surface area contributed by atoms with Gasteiger partial charge in [0.1, 0.15) is 9.26 Å². The lowest BCUT2D eigenvalue weighted by Gasteiger charge is -2.14. The molecule has 0 bridgehead atoms. The number of alkyl halides is 6. The van der Waals surface area contributed by atoms with Crippen LogP contribution in [0.15, 0.2) is 6.07 Å². The van der Waals surface area contributed by atoms with Gasteiger partial charge in [-0.2, -0.15) is 13.2 Å². The van der Waals surface area contributed by atoms with Crippen LogP contribution >= 0.6 is 22.6 Å². The second-order valence-corrected chi connectivity index (χ2v) is 3.80. The number of aromatic nitrogens is 1. The highest BCUT2D eigenvalue weighted by Crippen LogP contribution is 2.41. The average molecular weight is 373 g/mol. The van der Waals surface area contributed by atoms with E-state index in [4.69, 9.17) is 5.11 Å². The Morgan fingerprint density at radius 1 is 1.18 bits per heavy atom. The van der Waals surface area contributed by atoms with Crippen LogP contribution in [0.3, 0.4) is 0 Å². The molecule has 3 nitrogen and oxygen atoms in total. The van der Waals surface area contributed by atoms with E-state index in [-0.39, 0.29) is 0 Å². The third-order valence-corrected chi connectivity index (χ3v) is 2.00. The number of rotatable bonds is 1. The summed E-state index contributed by atoms with van der Waals surface area (Å²) >= 11 is 1.27. The lowest BCUT2D eigenvalue weighted by Crippen LogP contribution is -2.19. The third kappa shape index (κ3) is 3.78. The zero-order valence-electron chi connectivity index (χ0n) is 7.53. The minimum atomic E-state index is -5.24. The number of hydrogen-bond acceptors (Lipinski definition) is 3. The molecule has 1 rings (SSSR count). The molecule has 0 fully saturated rings. The van der Waals surface area contributed by atoms with E-state index in [0.29, 0.717) is 6.07 Å². The molecular weight excluding hydrogens is 371 g/mol. The number of halogens is 7. The van der Waals surface area contributed by atoms with E-state index < -0.39 is 33.4 Å². The maximum Gasteiger partial charge on any atom is 0.574 e. The zero-order valence-corrected chi connectivity index (χ0v) is 9.68. The van der Waals surface area contributed by atoms with Crippen molar-refractivity contribution in [2.75, 3.05) is 0 Å². The van der Waals surface area contributed by atoms with Crippen LogP contribution in [0.2, 0.25) is 0 Å². The van der Waals surface area contributed by atoms with E-state index in [1.807, 2.05) is 0 Å². The Labute approximate surface area is 104 Å². The van der Waals surface area contributed by atoms with E-state index in [1.165, 1.54) is 22.6 Å². The summed E-state index contributed by atoms with van der Waals surface area (Å²) in [5.74, 6) is -3.23. The highest BCUT2D eigenvalue weighted by molar-refractivity contribution is 14.1. The summed E-state index contributed by atoms with van der Waals surface area (Å²) in [6.45, 7) is 0. The SMILES string of the molecule is Oc1c(C(F)(F)F)cc(I)nc1OC(F)(F)F. The Balaban J connectivity index is 3.29. The number of nitrogens with zero attached hydrogens (tertiary/aromatic N) is 1. The summed E-state index contributed by atoms with van der Waals surface area (Å²) in [7, 11) is 0. The van der Waals surface area contributed by atoms with Crippen molar-refractivity contribution in [2.24, 2.45) is 0 Å². The molecule has 0 radical (unpaired) electrons. The summed E-state index contributed by atoms with van der Waals surface area (Å²) in [5, 5.41) is 9.00. The van der Waals surface area contributed by atoms with Crippen LogP contribution in [0.5, 0.6) is 11.6 Å². The second-order valence-electron chi connectivity index (χ2n) is 2.69. The molecule has 0 aliphatic rings. The van der Waals surface area contributed by atoms with Crippen molar-refractivity contribution in [3.8, 4) is 11.6 Å². The van der Waals surface area contributed by atoms with Gasteiger partial charge in [0.15, 0.2) is 5.75 Å². The van der Waals surface area contributed by atoms with E-state index in [9.17, 15) is 26.3 Å². The molecule has 0 saturated carbocycles. The monoisotopic (exact) mass is 373 g/mol. The second kappa shape index (κ2) is 4.38. The minimum absolute atomic E-state index is 0.396. The highest BCUT2D eigenvalue weighted by atomic mass is 127. The molecule has 0 aliphatic heterocycles. The van der Waals surface area contributed by atoms with Crippen LogP contribution < -0.4 is 4.74 Å². The molecular formula is C7H2F6INO2. The summed E-state index contributed by atoms with van der Waals surface area (Å²) in [6.07, 6.45) is -10.2. The van der Waals surface area contributed by atoms with Crippen LogP contribution in [0.4, 0.5) is 26.3 Å². The van der Waals surface area contributed by atoms with Crippen LogP contribution in [0.1, 0.15) is 5.56 Å². The molecule has 0 spiro atoms. The van der Waals surface area contributed by atoms with Crippen LogP contribution in [-0.4, -0.2) is 16.5 Å². The molecule has 0 aromatic carbocycles. The van der Waals surface area contributed by atoms with Crippen LogP contribution in [0, 0.1) is 3.70 Å². The van der Waals surface area contributed by atoms with Gasteiger partial charge in [-0.05, 0) is 28.7 Å². The highest BCUT2D eigenvalue weighted by Gasteiger charge is 2.39. The topological polar surface area (TPSA) is 42.4 Å². The van der Waals surface area contributed by atoms with Gasteiger partial charge < -0.3 is 9.84 Å². The Hall–Kier alpha value is -0.940. The predicted octanol–water partition coefficient (Wildman–Crippen LogP) is 3.31. The van der Waals surface area contributed by atoms with Gasteiger partial charge in [-0.1, -0.05) is 0 Å². The van der Waals surface area contributed by atoms with Gasteiger partial charge in [-0.15, -0.1) is 13.2 Å². The van der Waals surface area contributed by atoms with Gasteiger partial charge in [-0.25, -0.2) is 4.98 Å². The fraction of sp³-hybridized carbons (Fsp3) is 0.286. The lowest BCUT2D eigenvalue weighted by atomic mass is 10.2. The first-order chi connectivity index (χ1) is 7.50. The molecule has 0 aliphatic carbocycles. The van der Waals surface area contributed by atoms with Crippen LogP contribution in [0.25, 0.3) is 0 Å².